The Morgan fingerprint density at radius 1 is 0.958 bits per heavy atom. The molecule has 1 saturated heterocycles. The summed E-state index contributed by atoms with van der Waals surface area (Å²) < 4.78 is 5.39. The lowest BCUT2D eigenvalue weighted by Crippen LogP contribution is -2.46. The van der Waals surface area contributed by atoms with Crippen LogP contribution in [0.2, 0.25) is 0 Å². The van der Waals surface area contributed by atoms with Crippen LogP contribution < -0.4 is 4.90 Å². The van der Waals surface area contributed by atoms with E-state index in [1.54, 1.807) is 12.4 Å². The molecule has 122 valence electrons. The smallest absolute Gasteiger partial charge is 0.241 e. The molecule has 2 aromatic heterocycles. The maximum atomic E-state index is 5.39. The number of benzene rings is 1. The SMILES string of the molecule is c1ccc(N2CCN(Cc3nc(-c4cccnc4)no3)CC2)cc1. The van der Waals surface area contributed by atoms with Crippen LogP contribution in [-0.4, -0.2) is 46.2 Å². The van der Waals surface area contributed by atoms with Crippen LogP contribution in [0.3, 0.4) is 0 Å². The van der Waals surface area contributed by atoms with E-state index in [2.05, 4.69) is 55.3 Å². The molecule has 0 spiro atoms. The summed E-state index contributed by atoms with van der Waals surface area (Å²) in [7, 11) is 0. The summed E-state index contributed by atoms with van der Waals surface area (Å²) in [6.07, 6.45) is 3.48. The van der Waals surface area contributed by atoms with Gasteiger partial charge >= 0.3 is 0 Å². The molecule has 3 heterocycles. The summed E-state index contributed by atoms with van der Waals surface area (Å²) in [4.78, 5) is 13.3. The predicted octanol–water partition coefficient (Wildman–Crippen LogP) is 2.45. The van der Waals surface area contributed by atoms with Gasteiger partial charge in [-0.25, -0.2) is 0 Å². The molecule has 0 bridgehead atoms. The molecule has 0 atom stereocenters. The molecular formula is C18H19N5O. The quantitative estimate of drug-likeness (QED) is 0.736. The predicted molar refractivity (Wildman–Crippen MR) is 91.5 cm³/mol. The number of anilines is 1. The van der Waals surface area contributed by atoms with Gasteiger partial charge in [0.2, 0.25) is 11.7 Å². The van der Waals surface area contributed by atoms with Crippen molar-refractivity contribution in [3.8, 4) is 11.4 Å². The molecule has 0 unspecified atom stereocenters. The van der Waals surface area contributed by atoms with Gasteiger partial charge in [-0.2, -0.15) is 4.98 Å². The van der Waals surface area contributed by atoms with Gasteiger partial charge in [0.15, 0.2) is 0 Å². The maximum Gasteiger partial charge on any atom is 0.241 e. The highest BCUT2D eigenvalue weighted by atomic mass is 16.5. The van der Waals surface area contributed by atoms with Crippen LogP contribution in [0.25, 0.3) is 11.4 Å². The first kappa shape index (κ1) is 14.8. The topological polar surface area (TPSA) is 58.3 Å². The van der Waals surface area contributed by atoms with E-state index in [0.29, 0.717) is 18.3 Å². The summed E-state index contributed by atoms with van der Waals surface area (Å²) in [5, 5.41) is 4.05. The largest absolute Gasteiger partial charge is 0.369 e. The van der Waals surface area contributed by atoms with E-state index in [1.165, 1.54) is 5.69 Å². The first-order valence-electron chi connectivity index (χ1n) is 8.14. The van der Waals surface area contributed by atoms with E-state index in [1.807, 2.05) is 12.1 Å². The van der Waals surface area contributed by atoms with Gasteiger partial charge in [-0.05, 0) is 24.3 Å². The van der Waals surface area contributed by atoms with Crippen LogP contribution in [0.4, 0.5) is 5.69 Å². The number of hydrogen-bond donors (Lipinski definition) is 0. The van der Waals surface area contributed by atoms with Gasteiger partial charge in [-0.15, -0.1) is 0 Å². The highest BCUT2D eigenvalue weighted by molar-refractivity contribution is 5.51. The number of para-hydroxylation sites is 1. The maximum absolute atomic E-state index is 5.39. The number of aromatic nitrogens is 3. The van der Waals surface area contributed by atoms with Crippen LogP contribution in [0.1, 0.15) is 5.89 Å². The van der Waals surface area contributed by atoms with Gasteiger partial charge in [0.25, 0.3) is 0 Å². The highest BCUT2D eigenvalue weighted by Gasteiger charge is 2.19. The lowest BCUT2D eigenvalue weighted by Gasteiger charge is -2.35. The van der Waals surface area contributed by atoms with Crippen LogP contribution >= 0.6 is 0 Å². The third-order valence-corrected chi connectivity index (χ3v) is 4.24. The fourth-order valence-corrected chi connectivity index (χ4v) is 2.93. The summed E-state index contributed by atoms with van der Waals surface area (Å²) in [6.45, 7) is 4.68. The van der Waals surface area contributed by atoms with Crippen molar-refractivity contribution in [3.63, 3.8) is 0 Å². The zero-order chi connectivity index (χ0) is 16.2. The van der Waals surface area contributed by atoms with Crippen molar-refractivity contribution in [3.05, 3.63) is 60.7 Å². The molecule has 4 rings (SSSR count). The van der Waals surface area contributed by atoms with E-state index in [9.17, 15) is 0 Å². The molecule has 0 aliphatic carbocycles. The van der Waals surface area contributed by atoms with Crippen molar-refractivity contribution in [2.45, 2.75) is 6.54 Å². The number of piperazine rings is 1. The van der Waals surface area contributed by atoms with E-state index in [4.69, 9.17) is 4.52 Å². The molecular weight excluding hydrogens is 302 g/mol. The average molecular weight is 321 g/mol. The van der Waals surface area contributed by atoms with Crippen molar-refractivity contribution in [1.82, 2.24) is 20.0 Å². The molecule has 24 heavy (non-hydrogen) atoms. The Balaban J connectivity index is 1.35. The third kappa shape index (κ3) is 3.28. The third-order valence-electron chi connectivity index (χ3n) is 4.24. The molecule has 6 heteroatoms. The van der Waals surface area contributed by atoms with Crippen molar-refractivity contribution >= 4 is 5.69 Å². The summed E-state index contributed by atoms with van der Waals surface area (Å²) in [5.41, 5.74) is 2.16. The van der Waals surface area contributed by atoms with Gasteiger partial charge in [-0.3, -0.25) is 9.88 Å². The fraction of sp³-hybridized carbons (Fsp3) is 0.278. The minimum absolute atomic E-state index is 0.598. The minimum atomic E-state index is 0.598. The second-order valence-electron chi connectivity index (χ2n) is 5.85. The summed E-state index contributed by atoms with van der Waals surface area (Å²) in [6, 6.07) is 14.3. The zero-order valence-corrected chi connectivity index (χ0v) is 13.4. The molecule has 0 amide bonds. The lowest BCUT2D eigenvalue weighted by molar-refractivity contribution is 0.215. The number of pyridine rings is 1. The van der Waals surface area contributed by atoms with E-state index in [-0.39, 0.29) is 0 Å². The molecule has 3 aromatic rings. The highest BCUT2D eigenvalue weighted by Crippen LogP contribution is 2.18. The molecule has 0 radical (unpaired) electrons. The molecule has 0 saturated carbocycles. The Labute approximate surface area is 140 Å². The number of hydrogen-bond acceptors (Lipinski definition) is 6. The molecule has 1 aromatic carbocycles. The normalized spacial score (nSPS) is 15.6. The average Bonchev–Trinajstić information content (AvgIpc) is 3.12. The Morgan fingerprint density at radius 2 is 1.79 bits per heavy atom. The van der Waals surface area contributed by atoms with Crippen LogP contribution in [0.5, 0.6) is 0 Å². The monoisotopic (exact) mass is 321 g/mol. The second-order valence-corrected chi connectivity index (χ2v) is 5.85. The zero-order valence-electron chi connectivity index (χ0n) is 13.4. The summed E-state index contributed by atoms with van der Waals surface area (Å²) in [5.74, 6) is 1.25. The minimum Gasteiger partial charge on any atom is -0.369 e. The van der Waals surface area contributed by atoms with Crippen LogP contribution in [-0.2, 0) is 6.54 Å². The van der Waals surface area contributed by atoms with Crippen molar-refractivity contribution in [1.29, 1.82) is 0 Å². The summed E-state index contributed by atoms with van der Waals surface area (Å²) >= 11 is 0. The Kier molecular flexibility index (Phi) is 4.20. The molecule has 1 aliphatic rings. The molecule has 0 N–H and O–H groups in total. The molecule has 1 aliphatic heterocycles. The first-order chi connectivity index (χ1) is 11.9. The number of nitrogens with zero attached hydrogens (tertiary/aromatic N) is 5. The van der Waals surface area contributed by atoms with Gasteiger partial charge in [0.1, 0.15) is 0 Å². The first-order valence-corrected chi connectivity index (χ1v) is 8.14. The molecule has 1 fully saturated rings. The standard InChI is InChI=1S/C18H19N5O/c1-2-6-16(7-3-1)23-11-9-22(10-12-23)14-17-20-18(21-24-17)15-5-4-8-19-13-15/h1-8,13H,9-12,14H2. The van der Waals surface area contributed by atoms with Crippen molar-refractivity contribution in [2.75, 3.05) is 31.1 Å². The van der Waals surface area contributed by atoms with Gasteiger partial charge < -0.3 is 9.42 Å². The van der Waals surface area contributed by atoms with Gasteiger partial charge in [-0.1, -0.05) is 23.4 Å². The van der Waals surface area contributed by atoms with Crippen molar-refractivity contribution < 1.29 is 4.52 Å². The fourth-order valence-electron chi connectivity index (χ4n) is 2.93. The van der Waals surface area contributed by atoms with Gasteiger partial charge in [0.05, 0.1) is 6.54 Å². The second kappa shape index (κ2) is 6.80. The lowest BCUT2D eigenvalue weighted by atomic mass is 10.2. The van der Waals surface area contributed by atoms with Crippen LogP contribution in [0.15, 0.2) is 59.4 Å². The van der Waals surface area contributed by atoms with E-state index >= 15 is 0 Å². The Morgan fingerprint density at radius 3 is 2.54 bits per heavy atom. The van der Waals surface area contributed by atoms with Crippen LogP contribution in [0, 0.1) is 0 Å². The van der Waals surface area contributed by atoms with Gasteiger partial charge in [0, 0.05) is 49.8 Å². The van der Waals surface area contributed by atoms with E-state index in [0.717, 1.165) is 31.7 Å². The van der Waals surface area contributed by atoms with Crippen molar-refractivity contribution in [2.24, 2.45) is 0 Å². The Hall–Kier alpha value is -2.73. The molecule has 6 nitrogen and oxygen atoms in total. The number of rotatable bonds is 4. The Bertz CT molecular complexity index is 766. The van der Waals surface area contributed by atoms with E-state index < -0.39 is 0 Å².